The van der Waals surface area contributed by atoms with Crippen LogP contribution in [0, 0.1) is 11.6 Å². The zero-order valence-electron chi connectivity index (χ0n) is 13.4. The predicted octanol–water partition coefficient (Wildman–Crippen LogP) is 5.08. The second-order valence-electron chi connectivity index (χ2n) is 5.78. The van der Waals surface area contributed by atoms with Crippen LogP contribution in [0.2, 0.25) is 0 Å². The second-order valence-corrected chi connectivity index (χ2v) is 5.78. The van der Waals surface area contributed by atoms with E-state index in [1.54, 1.807) is 24.3 Å². The van der Waals surface area contributed by atoms with Crippen molar-refractivity contribution in [2.75, 3.05) is 13.2 Å². The van der Waals surface area contributed by atoms with Crippen LogP contribution in [0.15, 0.2) is 71.7 Å². The average molecular weight is 335 g/mol. The molecule has 1 aliphatic heterocycles. The molecule has 3 aromatic carbocycles. The van der Waals surface area contributed by atoms with Gasteiger partial charge in [0.15, 0.2) is 0 Å². The number of hydrogen-bond acceptors (Lipinski definition) is 2. The largest absolute Gasteiger partial charge is 0.475 e. The lowest BCUT2D eigenvalue weighted by molar-refractivity contribution is 0.348. The van der Waals surface area contributed by atoms with Gasteiger partial charge in [-0.25, -0.2) is 13.8 Å². The van der Waals surface area contributed by atoms with Crippen molar-refractivity contribution in [1.29, 1.82) is 0 Å². The normalized spacial score (nSPS) is 13.4. The molecule has 3 aromatic rings. The summed E-state index contributed by atoms with van der Waals surface area (Å²) >= 11 is 0. The van der Waals surface area contributed by atoms with Crippen LogP contribution >= 0.6 is 0 Å². The fourth-order valence-electron chi connectivity index (χ4n) is 3.01. The minimum Gasteiger partial charge on any atom is -0.475 e. The topological polar surface area (TPSA) is 21.6 Å². The summed E-state index contributed by atoms with van der Waals surface area (Å²) in [5.74, 6) is 0.00291. The molecule has 124 valence electrons. The van der Waals surface area contributed by atoms with E-state index in [-0.39, 0.29) is 11.6 Å². The van der Waals surface area contributed by atoms with Gasteiger partial charge in [-0.2, -0.15) is 0 Å². The van der Waals surface area contributed by atoms with E-state index in [1.165, 1.54) is 24.3 Å². The number of halogens is 2. The van der Waals surface area contributed by atoms with Crippen LogP contribution in [0.4, 0.5) is 8.78 Å². The fourth-order valence-corrected chi connectivity index (χ4v) is 3.01. The summed E-state index contributed by atoms with van der Waals surface area (Å²) < 4.78 is 32.3. The molecule has 0 unspecified atom stereocenters. The number of benzene rings is 3. The van der Waals surface area contributed by atoms with E-state index < -0.39 is 0 Å². The second kappa shape index (κ2) is 6.48. The van der Waals surface area contributed by atoms with E-state index in [0.717, 1.165) is 27.8 Å². The monoisotopic (exact) mass is 335 g/mol. The van der Waals surface area contributed by atoms with E-state index in [1.807, 2.05) is 18.2 Å². The van der Waals surface area contributed by atoms with Gasteiger partial charge in [0.25, 0.3) is 0 Å². The SMILES string of the molecule is Fc1ccc(-c2cccc(-c3ccc(F)cc3)c2C2=NCCO2)cc1. The van der Waals surface area contributed by atoms with E-state index in [4.69, 9.17) is 4.74 Å². The highest BCUT2D eigenvalue weighted by Crippen LogP contribution is 2.34. The van der Waals surface area contributed by atoms with Crippen molar-refractivity contribution in [1.82, 2.24) is 0 Å². The minimum absolute atomic E-state index is 0.283. The Hall–Kier alpha value is -3.01. The zero-order chi connectivity index (χ0) is 17.2. The van der Waals surface area contributed by atoms with Crippen LogP contribution < -0.4 is 0 Å². The molecule has 0 radical (unpaired) electrons. The standard InChI is InChI=1S/C21H15F2NO/c22-16-8-4-14(5-9-16)18-2-1-3-19(15-6-10-17(23)11-7-15)20(18)21-24-12-13-25-21/h1-11H,12-13H2. The number of rotatable bonds is 3. The van der Waals surface area contributed by atoms with Gasteiger partial charge in [0.2, 0.25) is 5.90 Å². The van der Waals surface area contributed by atoms with Gasteiger partial charge in [0, 0.05) is 0 Å². The summed E-state index contributed by atoms with van der Waals surface area (Å²) in [7, 11) is 0. The summed E-state index contributed by atoms with van der Waals surface area (Å²) in [5.41, 5.74) is 4.40. The Labute approximate surface area is 144 Å². The molecule has 1 heterocycles. The first-order chi connectivity index (χ1) is 12.2. The van der Waals surface area contributed by atoms with Gasteiger partial charge in [0.05, 0.1) is 12.1 Å². The number of ether oxygens (including phenoxy) is 1. The van der Waals surface area contributed by atoms with Crippen LogP contribution in [-0.4, -0.2) is 19.0 Å². The first-order valence-corrected chi connectivity index (χ1v) is 8.05. The summed E-state index contributed by atoms with van der Waals surface area (Å²) in [6.07, 6.45) is 0. The lowest BCUT2D eigenvalue weighted by atomic mass is 9.91. The van der Waals surface area contributed by atoms with Crippen LogP contribution in [0.3, 0.4) is 0 Å². The van der Waals surface area contributed by atoms with Crippen LogP contribution in [-0.2, 0) is 4.74 Å². The minimum atomic E-state index is -0.283. The Morgan fingerprint density at radius 2 is 1.24 bits per heavy atom. The lowest BCUT2D eigenvalue weighted by Gasteiger charge is -2.15. The summed E-state index contributed by atoms with van der Waals surface area (Å²) in [6, 6.07) is 18.5. The van der Waals surface area contributed by atoms with Crippen LogP contribution in [0.25, 0.3) is 22.3 Å². The van der Waals surface area contributed by atoms with Gasteiger partial charge in [-0.3, -0.25) is 0 Å². The maximum Gasteiger partial charge on any atom is 0.217 e. The molecule has 0 saturated carbocycles. The third kappa shape index (κ3) is 3.03. The van der Waals surface area contributed by atoms with Gasteiger partial charge < -0.3 is 4.74 Å². The maximum absolute atomic E-state index is 13.3. The van der Waals surface area contributed by atoms with E-state index in [0.29, 0.717) is 19.0 Å². The first-order valence-electron chi connectivity index (χ1n) is 8.05. The highest BCUT2D eigenvalue weighted by Gasteiger charge is 2.20. The van der Waals surface area contributed by atoms with Crippen molar-refractivity contribution in [2.24, 2.45) is 4.99 Å². The van der Waals surface area contributed by atoms with Crippen molar-refractivity contribution in [3.63, 3.8) is 0 Å². The first kappa shape index (κ1) is 15.5. The van der Waals surface area contributed by atoms with Crippen molar-refractivity contribution in [3.8, 4) is 22.3 Å². The van der Waals surface area contributed by atoms with E-state index >= 15 is 0 Å². The molecule has 0 aliphatic carbocycles. The molecular formula is C21H15F2NO. The van der Waals surface area contributed by atoms with Crippen molar-refractivity contribution < 1.29 is 13.5 Å². The Bertz CT molecular complexity index is 867. The number of nitrogens with zero attached hydrogens (tertiary/aromatic N) is 1. The Balaban J connectivity index is 1.94. The molecule has 0 aromatic heterocycles. The molecule has 0 spiro atoms. The molecule has 0 amide bonds. The Morgan fingerprint density at radius 3 is 1.68 bits per heavy atom. The van der Waals surface area contributed by atoms with Gasteiger partial charge in [-0.1, -0.05) is 42.5 Å². The molecule has 25 heavy (non-hydrogen) atoms. The molecule has 0 bridgehead atoms. The van der Waals surface area contributed by atoms with Crippen LogP contribution in [0.1, 0.15) is 5.56 Å². The van der Waals surface area contributed by atoms with Crippen LogP contribution in [0.5, 0.6) is 0 Å². The van der Waals surface area contributed by atoms with Crippen molar-refractivity contribution in [2.45, 2.75) is 0 Å². The quantitative estimate of drug-likeness (QED) is 0.654. The molecule has 0 fully saturated rings. The lowest BCUT2D eigenvalue weighted by Crippen LogP contribution is -2.06. The van der Waals surface area contributed by atoms with Gasteiger partial charge >= 0.3 is 0 Å². The number of aliphatic imine (C=N–C) groups is 1. The third-order valence-electron chi connectivity index (χ3n) is 4.17. The molecule has 0 saturated heterocycles. The third-order valence-corrected chi connectivity index (χ3v) is 4.17. The summed E-state index contributed by atoms with van der Waals surface area (Å²) in [4.78, 5) is 4.46. The average Bonchev–Trinajstić information content (AvgIpc) is 3.17. The van der Waals surface area contributed by atoms with Gasteiger partial charge in [-0.05, 0) is 46.5 Å². The smallest absolute Gasteiger partial charge is 0.217 e. The van der Waals surface area contributed by atoms with E-state index in [2.05, 4.69) is 4.99 Å². The summed E-state index contributed by atoms with van der Waals surface area (Å²) in [6.45, 7) is 1.14. The van der Waals surface area contributed by atoms with Crippen molar-refractivity contribution >= 4 is 5.90 Å². The Kier molecular flexibility index (Phi) is 4.02. The molecule has 0 N–H and O–H groups in total. The fraction of sp³-hybridized carbons (Fsp3) is 0.0952. The highest BCUT2D eigenvalue weighted by atomic mass is 19.1. The maximum atomic E-state index is 13.3. The number of hydrogen-bond donors (Lipinski definition) is 0. The molecule has 4 rings (SSSR count). The molecule has 1 aliphatic rings. The van der Waals surface area contributed by atoms with Gasteiger partial charge in [0.1, 0.15) is 18.2 Å². The molecule has 0 atom stereocenters. The summed E-state index contributed by atoms with van der Waals surface area (Å²) in [5, 5.41) is 0. The Morgan fingerprint density at radius 1 is 0.720 bits per heavy atom. The zero-order valence-corrected chi connectivity index (χ0v) is 13.4. The highest BCUT2D eigenvalue weighted by molar-refractivity contribution is 6.07. The molecule has 4 heteroatoms. The predicted molar refractivity (Wildman–Crippen MR) is 94.6 cm³/mol. The molecular weight excluding hydrogens is 320 g/mol. The van der Waals surface area contributed by atoms with Gasteiger partial charge in [-0.15, -0.1) is 0 Å². The van der Waals surface area contributed by atoms with Crippen molar-refractivity contribution in [3.05, 3.63) is 83.9 Å². The van der Waals surface area contributed by atoms with E-state index in [9.17, 15) is 8.78 Å². The molecule has 2 nitrogen and oxygen atoms in total.